The van der Waals surface area contributed by atoms with Gasteiger partial charge in [0.15, 0.2) is 16.3 Å². The normalized spacial score (nSPS) is 15.7. The first-order valence-corrected chi connectivity index (χ1v) is 11.7. The third-order valence-corrected chi connectivity index (χ3v) is 6.49. The van der Waals surface area contributed by atoms with Crippen molar-refractivity contribution in [3.8, 4) is 11.5 Å². The largest absolute Gasteiger partial charge is 0.493 e. The highest BCUT2D eigenvalue weighted by molar-refractivity contribution is 7.07. The maximum atomic E-state index is 13.6. The molecule has 34 heavy (non-hydrogen) atoms. The third-order valence-electron chi connectivity index (χ3n) is 5.50. The predicted molar refractivity (Wildman–Crippen MR) is 128 cm³/mol. The van der Waals surface area contributed by atoms with Gasteiger partial charge in [0.1, 0.15) is 0 Å². The molecular formula is C24H26N4O5S. The number of hydrogen-bond acceptors (Lipinski definition) is 8. The number of thiazole rings is 1. The van der Waals surface area contributed by atoms with E-state index in [1.54, 1.807) is 43.8 Å². The van der Waals surface area contributed by atoms with E-state index in [2.05, 4.69) is 10.1 Å². The molecule has 1 atom stereocenters. The molecule has 0 N–H and O–H groups in total. The molecule has 0 saturated heterocycles. The van der Waals surface area contributed by atoms with E-state index in [9.17, 15) is 9.59 Å². The summed E-state index contributed by atoms with van der Waals surface area (Å²) in [6.45, 7) is 6.42. The number of ether oxygens (including phenoxy) is 3. The fourth-order valence-electron chi connectivity index (χ4n) is 3.89. The Morgan fingerprint density at radius 2 is 1.94 bits per heavy atom. The van der Waals surface area contributed by atoms with Crippen molar-refractivity contribution in [3.05, 3.63) is 72.7 Å². The van der Waals surface area contributed by atoms with E-state index >= 15 is 0 Å². The minimum Gasteiger partial charge on any atom is -0.493 e. The molecule has 9 nitrogen and oxygen atoms in total. The van der Waals surface area contributed by atoms with E-state index in [0.29, 0.717) is 43.4 Å². The fraction of sp³-hybridized carbons (Fsp3) is 0.333. The number of methoxy groups -OCH3 is 2. The molecule has 0 amide bonds. The molecule has 10 heteroatoms. The van der Waals surface area contributed by atoms with Crippen LogP contribution >= 0.6 is 11.3 Å². The lowest BCUT2D eigenvalue weighted by Gasteiger charge is -2.25. The Kier molecular flexibility index (Phi) is 6.69. The second kappa shape index (κ2) is 9.68. The summed E-state index contributed by atoms with van der Waals surface area (Å²) in [7, 11) is 3.09. The van der Waals surface area contributed by atoms with Crippen LogP contribution in [-0.2, 0) is 16.1 Å². The standard InChI is InChI=1S/C24H26N4O5S/c1-6-27-11-10-16(26-27)13-19-22(29)28-21(15-8-9-17(31-4)18(12-15)32-5)20(23(30)33-7-2)14(3)25-24(28)34-19/h8-13,21H,6-7H2,1-5H3/b19-13+. The average Bonchev–Trinajstić information content (AvgIpc) is 3.41. The van der Waals surface area contributed by atoms with Crippen molar-refractivity contribution < 1.29 is 19.0 Å². The molecule has 0 saturated carbocycles. The number of carbonyl (C=O) groups is 1. The summed E-state index contributed by atoms with van der Waals surface area (Å²) in [5.41, 5.74) is 1.91. The van der Waals surface area contributed by atoms with Gasteiger partial charge in [0.05, 0.1) is 48.4 Å². The van der Waals surface area contributed by atoms with Crippen LogP contribution in [0.5, 0.6) is 11.5 Å². The van der Waals surface area contributed by atoms with Crippen molar-refractivity contribution in [3.63, 3.8) is 0 Å². The Balaban J connectivity index is 1.95. The fourth-order valence-corrected chi connectivity index (χ4v) is 4.93. The van der Waals surface area contributed by atoms with Crippen molar-refractivity contribution in [1.82, 2.24) is 14.3 Å². The van der Waals surface area contributed by atoms with Crippen LogP contribution in [0.25, 0.3) is 6.08 Å². The molecule has 4 rings (SSSR count). The number of nitrogens with zero attached hydrogens (tertiary/aromatic N) is 4. The number of aryl methyl sites for hydroxylation is 1. The van der Waals surface area contributed by atoms with Gasteiger partial charge in [-0.2, -0.15) is 5.10 Å². The van der Waals surface area contributed by atoms with Gasteiger partial charge in [-0.05, 0) is 50.6 Å². The van der Waals surface area contributed by atoms with Crippen LogP contribution < -0.4 is 24.4 Å². The Morgan fingerprint density at radius 3 is 2.59 bits per heavy atom. The van der Waals surface area contributed by atoms with Crippen molar-refractivity contribution in [1.29, 1.82) is 0 Å². The van der Waals surface area contributed by atoms with E-state index < -0.39 is 12.0 Å². The van der Waals surface area contributed by atoms with Crippen LogP contribution in [0.3, 0.4) is 0 Å². The van der Waals surface area contributed by atoms with Crippen LogP contribution in [0.2, 0.25) is 0 Å². The lowest BCUT2D eigenvalue weighted by molar-refractivity contribution is -0.139. The zero-order chi connectivity index (χ0) is 24.4. The first kappa shape index (κ1) is 23.5. The maximum Gasteiger partial charge on any atom is 0.338 e. The van der Waals surface area contributed by atoms with Crippen LogP contribution in [0.15, 0.2) is 51.5 Å². The van der Waals surface area contributed by atoms with Gasteiger partial charge in [0, 0.05) is 12.7 Å². The summed E-state index contributed by atoms with van der Waals surface area (Å²) >= 11 is 1.26. The molecule has 1 aromatic carbocycles. The lowest BCUT2D eigenvalue weighted by atomic mass is 9.95. The molecule has 178 valence electrons. The monoisotopic (exact) mass is 482 g/mol. The third kappa shape index (κ3) is 4.16. The van der Waals surface area contributed by atoms with Crippen molar-refractivity contribution in [2.75, 3.05) is 20.8 Å². The minimum atomic E-state index is -0.731. The molecule has 0 aliphatic carbocycles. The van der Waals surface area contributed by atoms with E-state index in [4.69, 9.17) is 14.2 Å². The number of benzene rings is 1. The summed E-state index contributed by atoms with van der Waals surface area (Å²) in [4.78, 5) is 31.7. The van der Waals surface area contributed by atoms with Crippen molar-refractivity contribution >= 4 is 23.4 Å². The lowest BCUT2D eigenvalue weighted by Crippen LogP contribution is -2.40. The number of aromatic nitrogens is 3. The molecule has 0 radical (unpaired) electrons. The van der Waals surface area contributed by atoms with Gasteiger partial charge in [-0.15, -0.1) is 0 Å². The van der Waals surface area contributed by atoms with Crippen molar-refractivity contribution in [2.24, 2.45) is 4.99 Å². The molecule has 0 spiro atoms. The van der Waals surface area contributed by atoms with Crippen molar-refractivity contribution in [2.45, 2.75) is 33.4 Å². The van der Waals surface area contributed by atoms with E-state index in [-0.39, 0.29) is 12.2 Å². The zero-order valence-electron chi connectivity index (χ0n) is 19.7. The number of esters is 1. The van der Waals surface area contributed by atoms with Crippen LogP contribution in [0.4, 0.5) is 0 Å². The first-order valence-electron chi connectivity index (χ1n) is 10.9. The van der Waals surface area contributed by atoms with Gasteiger partial charge < -0.3 is 14.2 Å². The quantitative estimate of drug-likeness (QED) is 0.478. The number of allylic oxidation sites excluding steroid dienone is 1. The SMILES string of the molecule is CCOC(=O)C1=C(C)N=c2s/c(=C/c3ccn(CC)n3)c(=O)n2C1c1ccc(OC)c(OC)c1. The molecule has 3 aromatic rings. The molecule has 2 aromatic heterocycles. The number of rotatable bonds is 7. The minimum absolute atomic E-state index is 0.207. The topological polar surface area (TPSA) is 96.9 Å². The first-order chi connectivity index (χ1) is 16.4. The predicted octanol–water partition coefficient (Wildman–Crippen LogP) is 2.03. The highest BCUT2D eigenvalue weighted by Gasteiger charge is 2.33. The Morgan fingerprint density at radius 1 is 1.18 bits per heavy atom. The van der Waals surface area contributed by atoms with Gasteiger partial charge in [0.2, 0.25) is 0 Å². The Bertz CT molecular complexity index is 1450. The summed E-state index contributed by atoms with van der Waals surface area (Å²) < 4.78 is 20.0. The summed E-state index contributed by atoms with van der Waals surface area (Å²) in [6.07, 6.45) is 3.60. The molecule has 3 heterocycles. The molecule has 0 bridgehead atoms. The molecule has 0 fully saturated rings. The maximum absolute atomic E-state index is 13.6. The second-order valence-electron chi connectivity index (χ2n) is 7.51. The highest BCUT2D eigenvalue weighted by Crippen LogP contribution is 2.36. The summed E-state index contributed by atoms with van der Waals surface area (Å²) in [5, 5.41) is 4.45. The van der Waals surface area contributed by atoms with Gasteiger partial charge in [-0.3, -0.25) is 14.0 Å². The van der Waals surface area contributed by atoms with Gasteiger partial charge in [-0.25, -0.2) is 9.79 Å². The van der Waals surface area contributed by atoms with E-state index in [1.807, 2.05) is 25.3 Å². The van der Waals surface area contributed by atoms with E-state index in [0.717, 1.165) is 6.54 Å². The molecule has 1 aliphatic rings. The molecular weight excluding hydrogens is 456 g/mol. The molecule has 1 unspecified atom stereocenters. The van der Waals surface area contributed by atoms with Crippen LogP contribution in [-0.4, -0.2) is 41.1 Å². The molecule has 1 aliphatic heterocycles. The van der Waals surface area contributed by atoms with E-state index in [1.165, 1.54) is 23.0 Å². The second-order valence-corrected chi connectivity index (χ2v) is 8.52. The van der Waals surface area contributed by atoms with Gasteiger partial charge in [0.25, 0.3) is 5.56 Å². The number of fused-ring (bicyclic) bond motifs is 1. The number of carbonyl (C=O) groups excluding carboxylic acids is 1. The smallest absolute Gasteiger partial charge is 0.338 e. The van der Waals surface area contributed by atoms with Crippen LogP contribution in [0.1, 0.15) is 38.1 Å². The average molecular weight is 483 g/mol. The van der Waals surface area contributed by atoms with Crippen LogP contribution in [0, 0.1) is 0 Å². The zero-order valence-corrected chi connectivity index (χ0v) is 20.5. The highest BCUT2D eigenvalue weighted by atomic mass is 32.1. The summed E-state index contributed by atoms with van der Waals surface area (Å²) in [6, 6.07) is 6.44. The summed E-state index contributed by atoms with van der Waals surface area (Å²) in [5.74, 6) is 0.521. The Labute approximate surface area is 200 Å². The van der Waals surface area contributed by atoms with Gasteiger partial charge >= 0.3 is 5.97 Å². The Hall–Kier alpha value is -3.66. The number of hydrogen-bond donors (Lipinski definition) is 0. The van der Waals surface area contributed by atoms with Gasteiger partial charge in [-0.1, -0.05) is 17.4 Å².